The molecule has 2 aliphatic rings. The van der Waals surface area contributed by atoms with E-state index in [1.54, 1.807) is 72.4 Å². The molecule has 2 aromatic heterocycles. The van der Waals surface area contributed by atoms with Gasteiger partial charge in [0.2, 0.25) is 29.6 Å². The molecule has 0 unspecified atom stereocenters. The molecule has 0 aliphatic carbocycles. The van der Waals surface area contributed by atoms with Crippen LogP contribution < -0.4 is 31.5 Å². The smallest absolute Gasteiger partial charge is 0.327 e. The number of carbonyl (C=O) groups excluding carboxylic acids is 6. The molecule has 0 spiro atoms. The number of anilines is 4. The molecule has 1 aromatic carbocycles. The molecule has 316 valence electrons. The molecule has 5 N–H and O–H groups in total. The van der Waals surface area contributed by atoms with Gasteiger partial charge in [-0.25, -0.2) is 9.78 Å². The Morgan fingerprint density at radius 2 is 1.71 bits per heavy atom. The molecule has 59 heavy (non-hydrogen) atoms. The Kier molecular flexibility index (Phi) is 13.6. The third-order valence-electron chi connectivity index (χ3n) is 10.4. The highest BCUT2D eigenvalue weighted by Crippen LogP contribution is 2.30. The maximum Gasteiger partial charge on any atom is 0.327 e. The van der Waals surface area contributed by atoms with Gasteiger partial charge in [-0.15, -0.1) is 0 Å². The fraction of sp³-hybridized carbons (Fsp3) is 0.500. The Morgan fingerprint density at radius 3 is 2.36 bits per heavy atom. The lowest BCUT2D eigenvalue weighted by molar-refractivity contribution is -0.143. The second kappa shape index (κ2) is 18.2. The second-order valence-corrected chi connectivity index (χ2v) is 16.8. The van der Waals surface area contributed by atoms with Gasteiger partial charge in [-0.3, -0.25) is 39.2 Å². The van der Waals surface area contributed by atoms with Crippen molar-refractivity contribution < 1.29 is 28.8 Å². The first-order chi connectivity index (χ1) is 27.7. The van der Waals surface area contributed by atoms with E-state index in [-0.39, 0.29) is 29.9 Å². The molecule has 17 nitrogen and oxygen atoms in total. The lowest BCUT2D eigenvalue weighted by Gasteiger charge is -2.34. The number of rotatable bonds is 14. The number of pyridine rings is 1. The summed E-state index contributed by atoms with van der Waals surface area (Å²) in [5, 5.41) is 14.4. The lowest BCUT2D eigenvalue weighted by Crippen LogP contribution is -2.62. The largest absolute Gasteiger partial charge is 0.347 e. The van der Waals surface area contributed by atoms with Crippen LogP contribution in [0.5, 0.6) is 0 Å². The minimum Gasteiger partial charge on any atom is -0.347 e. The van der Waals surface area contributed by atoms with Crippen molar-refractivity contribution in [3.05, 3.63) is 65.1 Å². The number of likely N-dealkylation sites (N-methyl/N-ethyl adjacent to an activating group) is 1. The minimum absolute atomic E-state index is 0.133. The summed E-state index contributed by atoms with van der Waals surface area (Å²) in [4.78, 5) is 99.0. The molecule has 17 heteroatoms. The highest BCUT2D eigenvalue weighted by Gasteiger charge is 2.42. The van der Waals surface area contributed by atoms with Crippen molar-refractivity contribution in [2.45, 2.75) is 105 Å². The van der Waals surface area contributed by atoms with Gasteiger partial charge in [0, 0.05) is 49.3 Å². The predicted octanol–water partition coefficient (Wildman–Crippen LogP) is 4.04. The topological polar surface area (TPSA) is 211 Å². The van der Waals surface area contributed by atoms with Gasteiger partial charge in [-0.05, 0) is 88.6 Å². The molecule has 1 fully saturated rings. The first-order valence-corrected chi connectivity index (χ1v) is 20.0. The Hall–Kier alpha value is -6.13. The number of amides is 7. The average Bonchev–Trinajstić information content (AvgIpc) is 3.67. The number of fused-ring (bicyclic) bond motifs is 1. The van der Waals surface area contributed by atoms with Gasteiger partial charge in [0.05, 0.1) is 18.4 Å². The summed E-state index contributed by atoms with van der Waals surface area (Å²) >= 11 is 0. The fourth-order valence-electron chi connectivity index (χ4n) is 7.02. The summed E-state index contributed by atoms with van der Waals surface area (Å²) in [5.74, 6) is -1.78. The summed E-state index contributed by atoms with van der Waals surface area (Å²) in [6, 6.07) is 5.63. The highest BCUT2D eigenvalue weighted by atomic mass is 16.2. The standard InChI is InChI=1S/C42H57N11O6/c1-23(2)18-30(37(56)51(9)10)46-39(58)42(7,8)50-36(55)31-12-11-17-52(31)38(57)33(24(3)4)47-35(54)27-15-13-25(5)32(19-27)53-22-28-20-44-40(48-34(28)49-41(53)59)45-29-16-14-26(6)43-21-29/h13-16,19-21,23-24,30-31,33H,11-12,17-18,22H2,1-10H3,(H,46,58)(H,47,54)(H,50,55)(H2,44,45,48,49,59)/t30-,31-,33-/m0/s1. The fourth-order valence-corrected chi connectivity index (χ4v) is 7.02. The van der Waals surface area contributed by atoms with Gasteiger partial charge in [-0.1, -0.05) is 33.8 Å². The van der Waals surface area contributed by atoms with Crippen molar-refractivity contribution >= 4 is 58.7 Å². The van der Waals surface area contributed by atoms with Gasteiger partial charge in [0.25, 0.3) is 5.91 Å². The van der Waals surface area contributed by atoms with Crippen molar-refractivity contribution in [3.8, 4) is 0 Å². The van der Waals surface area contributed by atoms with E-state index >= 15 is 0 Å². The molecular weight excluding hydrogens is 755 g/mol. The lowest BCUT2D eigenvalue weighted by atomic mass is 9.98. The molecule has 0 bridgehead atoms. The SMILES string of the molecule is Cc1ccc(Nc2ncc3c(n2)NC(=O)N(c2cc(C(=O)N[C@H](C(=O)N4CCC[C@H]4C(=O)NC(C)(C)C(=O)N[C@@H](CC(C)C)C(=O)N(C)C)C(C)C)ccc2C)C3)cn1. The molecule has 1 saturated heterocycles. The number of carbonyl (C=O) groups is 6. The molecule has 3 atom stereocenters. The summed E-state index contributed by atoms with van der Waals surface area (Å²) in [6.07, 6.45) is 4.65. The summed E-state index contributed by atoms with van der Waals surface area (Å²) in [6.45, 7) is 14.8. The molecule has 4 heterocycles. The van der Waals surface area contributed by atoms with Crippen molar-refractivity contribution in [2.24, 2.45) is 11.8 Å². The average molecular weight is 812 g/mol. The van der Waals surface area contributed by atoms with Crippen molar-refractivity contribution in [1.29, 1.82) is 0 Å². The van der Waals surface area contributed by atoms with Gasteiger partial charge in [0.1, 0.15) is 29.5 Å². The number of benzene rings is 1. The zero-order valence-corrected chi connectivity index (χ0v) is 35.6. The van der Waals surface area contributed by atoms with Crippen LogP contribution in [-0.2, 0) is 25.7 Å². The number of aryl methyl sites for hydroxylation is 2. The van der Waals surface area contributed by atoms with E-state index in [1.807, 2.05) is 39.8 Å². The van der Waals surface area contributed by atoms with Crippen molar-refractivity contribution in [1.82, 2.24) is 40.7 Å². The van der Waals surface area contributed by atoms with E-state index in [4.69, 9.17) is 0 Å². The van der Waals surface area contributed by atoms with E-state index in [0.717, 1.165) is 11.3 Å². The zero-order chi connectivity index (χ0) is 43.3. The van der Waals surface area contributed by atoms with Gasteiger partial charge < -0.3 is 31.1 Å². The third kappa shape index (κ3) is 10.5. The van der Waals surface area contributed by atoms with Crippen LogP contribution in [0.25, 0.3) is 0 Å². The van der Waals surface area contributed by atoms with Crippen LogP contribution in [0.3, 0.4) is 0 Å². The number of urea groups is 1. The van der Waals surface area contributed by atoms with Crippen LogP contribution in [0.4, 0.5) is 27.9 Å². The number of likely N-dealkylation sites (tertiary alicyclic amines) is 1. The number of hydrogen-bond acceptors (Lipinski definition) is 10. The minimum atomic E-state index is -1.40. The molecule has 0 radical (unpaired) electrons. The normalized spacial score (nSPS) is 16.2. The van der Waals surface area contributed by atoms with E-state index in [0.29, 0.717) is 54.5 Å². The molecular formula is C42H57N11O6. The Balaban J connectivity index is 1.26. The van der Waals surface area contributed by atoms with Crippen molar-refractivity contribution in [2.75, 3.05) is 36.2 Å². The summed E-state index contributed by atoms with van der Waals surface area (Å²) < 4.78 is 0. The summed E-state index contributed by atoms with van der Waals surface area (Å²) in [5.41, 5.74) is 2.30. The van der Waals surface area contributed by atoms with E-state index in [9.17, 15) is 28.8 Å². The maximum absolute atomic E-state index is 14.2. The van der Waals surface area contributed by atoms with Gasteiger partial charge >= 0.3 is 6.03 Å². The van der Waals surface area contributed by atoms with E-state index < -0.39 is 53.3 Å². The number of aromatic nitrogens is 3. The van der Waals surface area contributed by atoms with Crippen LogP contribution in [0.1, 0.15) is 88.0 Å². The van der Waals surface area contributed by atoms with Crippen molar-refractivity contribution in [3.63, 3.8) is 0 Å². The maximum atomic E-state index is 14.2. The number of hydrogen-bond donors (Lipinski definition) is 5. The van der Waals surface area contributed by atoms with Crippen LogP contribution in [0.15, 0.2) is 42.7 Å². The first kappa shape index (κ1) is 44.0. The Labute approximate surface area is 345 Å². The van der Waals surface area contributed by atoms with E-state index in [2.05, 4.69) is 41.5 Å². The summed E-state index contributed by atoms with van der Waals surface area (Å²) in [7, 11) is 3.24. The second-order valence-electron chi connectivity index (χ2n) is 16.8. The highest BCUT2D eigenvalue weighted by molar-refractivity contribution is 6.06. The van der Waals surface area contributed by atoms with Crippen LogP contribution in [-0.4, -0.2) is 105 Å². The molecule has 2 aliphatic heterocycles. The predicted molar refractivity (Wildman–Crippen MR) is 224 cm³/mol. The molecule has 0 saturated carbocycles. The Bertz CT molecular complexity index is 2080. The van der Waals surface area contributed by atoms with Gasteiger partial charge in [-0.2, -0.15) is 4.98 Å². The molecule has 7 amide bonds. The van der Waals surface area contributed by atoms with E-state index in [1.165, 1.54) is 14.7 Å². The zero-order valence-electron chi connectivity index (χ0n) is 35.6. The molecule has 3 aromatic rings. The van der Waals surface area contributed by atoms with Crippen LogP contribution >= 0.6 is 0 Å². The molecule has 5 rings (SSSR count). The quantitative estimate of drug-likeness (QED) is 0.158. The Morgan fingerprint density at radius 1 is 0.983 bits per heavy atom. The first-order valence-electron chi connectivity index (χ1n) is 20.0. The third-order valence-corrected chi connectivity index (χ3v) is 10.4. The van der Waals surface area contributed by atoms with Gasteiger partial charge in [0.15, 0.2) is 0 Å². The number of nitrogens with zero attached hydrogens (tertiary/aromatic N) is 6. The van der Waals surface area contributed by atoms with Crippen LogP contribution in [0, 0.1) is 25.7 Å². The van der Waals surface area contributed by atoms with Crippen LogP contribution in [0.2, 0.25) is 0 Å². The monoisotopic (exact) mass is 811 g/mol. The number of nitrogens with one attached hydrogen (secondary N) is 5.